The number of anilines is 2. The van der Waals surface area contributed by atoms with Gasteiger partial charge < -0.3 is 15.4 Å². The van der Waals surface area contributed by atoms with Crippen molar-refractivity contribution < 1.29 is 4.74 Å². The zero-order valence-electron chi connectivity index (χ0n) is 11.6. The maximum absolute atomic E-state index is 9.01. The van der Waals surface area contributed by atoms with Gasteiger partial charge in [0.2, 0.25) is 0 Å². The summed E-state index contributed by atoms with van der Waals surface area (Å²) in [6, 6.07) is 15.5. The van der Waals surface area contributed by atoms with E-state index in [1.807, 2.05) is 48.3 Å². The second-order valence-electron chi connectivity index (χ2n) is 4.55. The van der Waals surface area contributed by atoms with Gasteiger partial charge in [0, 0.05) is 13.6 Å². The van der Waals surface area contributed by atoms with Crippen LogP contribution >= 0.6 is 0 Å². The topological polar surface area (TPSA) is 62.3 Å². The van der Waals surface area contributed by atoms with Crippen LogP contribution in [0, 0.1) is 11.3 Å². The van der Waals surface area contributed by atoms with Crippen LogP contribution in [-0.4, -0.2) is 14.2 Å². The normalized spacial score (nSPS) is 9.85. The van der Waals surface area contributed by atoms with Crippen LogP contribution in [0.5, 0.6) is 5.75 Å². The quantitative estimate of drug-likeness (QED) is 0.865. The summed E-state index contributed by atoms with van der Waals surface area (Å²) >= 11 is 0. The predicted molar refractivity (Wildman–Crippen MR) is 80.7 cm³/mol. The van der Waals surface area contributed by atoms with Crippen LogP contribution in [0.4, 0.5) is 11.4 Å². The molecule has 0 spiro atoms. The fourth-order valence-electron chi connectivity index (χ4n) is 2.07. The third kappa shape index (κ3) is 2.83. The average Bonchev–Trinajstić information content (AvgIpc) is 2.48. The number of hydrogen-bond acceptors (Lipinski definition) is 4. The molecule has 2 aromatic rings. The van der Waals surface area contributed by atoms with Crippen molar-refractivity contribution in [2.45, 2.75) is 6.54 Å². The highest BCUT2D eigenvalue weighted by molar-refractivity contribution is 5.73. The third-order valence-electron chi connectivity index (χ3n) is 3.19. The van der Waals surface area contributed by atoms with Gasteiger partial charge in [0.05, 0.1) is 24.0 Å². The molecule has 2 rings (SSSR count). The molecule has 0 heterocycles. The van der Waals surface area contributed by atoms with E-state index >= 15 is 0 Å². The highest BCUT2D eigenvalue weighted by Gasteiger charge is 2.09. The molecule has 0 fully saturated rings. The number of nitrogen functional groups attached to an aromatic ring is 1. The first-order chi connectivity index (χ1) is 9.65. The van der Waals surface area contributed by atoms with E-state index in [-0.39, 0.29) is 0 Å². The molecule has 0 aromatic heterocycles. The molecule has 0 saturated carbocycles. The minimum Gasteiger partial charge on any atom is -0.497 e. The van der Waals surface area contributed by atoms with E-state index in [4.69, 9.17) is 15.7 Å². The van der Waals surface area contributed by atoms with Crippen molar-refractivity contribution in [1.29, 1.82) is 5.26 Å². The van der Waals surface area contributed by atoms with Gasteiger partial charge in [-0.3, -0.25) is 0 Å². The van der Waals surface area contributed by atoms with Crippen molar-refractivity contribution in [3.63, 3.8) is 0 Å². The van der Waals surface area contributed by atoms with Gasteiger partial charge in [-0.25, -0.2) is 0 Å². The van der Waals surface area contributed by atoms with Gasteiger partial charge in [-0.1, -0.05) is 18.2 Å². The molecular formula is C16H17N3O. The number of rotatable bonds is 4. The number of ether oxygens (including phenoxy) is 1. The summed E-state index contributed by atoms with van der Waals surface area (Å²) in [4.78, 5) is 2.03. The smallest absolute Gasteiger partial charge is 0.118 e. The number of nitrogens with two attached hydrogens (primary N) is 1. The molecule has 102 valence electrons. The van der Waals surface area contributed by atoms with Gasteiger partial charge in [-0.05, 0) is 29.8 Å². The van der Waals surface area contributed by atoms with Gasteiger partial charge in [-0.15, -0.1) is 0 Å². The summed E-state index contributed by atoms with van der Waals surface area (Å²) in [6.07, 6.45) is 0. The van der Waals surface area contributed by atoms with E-state index in [1.165, 1.54) is 0 Å². The number of nitrogens with zero attached hydrogens (tertiary/aromatic N) is 2. The van der Waals surface area contributed by atoms with Crippen molar-refractivity contribution in [2.24, 2.45) is 0 Å². The molecule has 0 saturated heterocycles. The van der Waals surface area contributed by atoms with E-state index in [0.717, 1.165) is 17.0 Å². The highest BCUT2D eigenvalue weighted by Crippen LogP contribution is 2.26. The number of benzene rings is 2. The van der Waals surface area contributed by atoms with E-state index in [2.05, 4.69) is 6.07 Å². The van der Waals surface area contributed by atoms with Crippen LogP contribution in [-0.2, 0) is 6.54 Å². The molecule has 0 radical (unpaired) electrons. The molecule has 0 unspecified atom stereocenters. The second kappa shape index (κ2) is 5.98. The largest absolute Gasteiger partial charge is 0.497 e. The van der Waals surface area contributed by atoms with Crippen LogP contribution in [0.1, 0.15) is 11.1 Å². The summed E-state index contributed by atoms with van der Waals surface area (Å²) in [7, 11) is 3.60. The van der Waals surface area contributed by atoms with Gasteiger partial charge in [0.15, 0.2) is 0 Å². The van der Waals surface area contributed by atoms with Gasteiger partial charge in [0.1, 0.15) is 11.8 Å². The van der Waals surface area contributed by atoms with E-state index in [1.54, 1.807) is 13.2 Å². The van der Waals surface area contributed by atoms with E-state index < -0.39 is 0 Å². The summed E-state index contributed by atoms with van der Waals surface area (Å²) in [5, 5.41) is 9.01. The lowest BCUT2D eigenvalue weighted by atomic mass is 10.1. The Hall–Kier alpha value is -2.67. The van der Waals surface area contributed by atoms with Crippen molar-refractivity contribution in [3.8, 4) is 11.8 Å². The van der Waals surface area contributed by atoms with Crippen molar-refractivity contribution >= 4 is 11.4 Å². The minimum absolute atomic E-state index is 0.504. The van der Waals surface area contributed by atoms with E-state index in [0.29, 0.717) is 17.8 Å². The summed E-state index contributed by atoms with van der Waals surface area (Å²) in [5.74, 6) is 0.836. The lowest BCUT2D eigenvalue weighted by Crippen LogP contribution is -2.18. The van der Waals surface area contributed by atoms with Crippen LogP contribution in [0.15, 0.2) is 42.5 Å². The summed E-state index contributed by atoms with van der Waals surface area (Å²) in [5.41, 5.74) is 9.04. The first-order valence-electron chi connectivity index (χ1n) is 6.28. The van der Waals surface area contributed by atoms with Crippen LogP contribution in [0.25, 0.3) is 0 Å². The predicted octanol–water partition coefficient (Wildman–Crippen LogP) is 2.79. The number of nitriles is 1. The fraction of sp³-hybridized carbons (Fsp3) is 0.188. The van der Waals surface area contributed by atoms with Crippen molar-refractivity contribution in [3.05, 3.63) is 53.6 Å². The average molecular weight is 267 g/mol. The lowest BCUT2D eigenvalue weighted by molar-refractivity contribution is 0.414. The molecule has 2 N–H and O–H groups in total. The Labute approximate surface area is 119 Å². The zero-order valence-corrected chi connectivity index (χ0v) is 11.6. The van der Waals surface area contributed by atoms with Gasteiger partial charge >= 0.3 is 0 Å². The van der Waals surface area contributed by atoms with Crippen LogP contribution < -0.4 is 15.4 Å². The summed E-state index contributed by atoms with van der Waals surface area (Å²) < 4.78 is 5.14. The Bertz CT molecular complexity index is 629. The Morgan fingerprint density at radius 2 is 1.90 bits per heavy atom. The second-order valence-corrected chi connectivity index (χ2v) is 4.55. The number of para-hydroxylation sites is 1. The Kier molecular flexibility index (Phi) is 4.11. The van der Waals surface area contributed by atoms with Gasteiger partial charge in [0.25, 0.3) is 0 Å². The lowest BCUT2D eigenvalue weighted by Gasteiger charge is -2.21. The molecule has 20 heavy (non-hydrogen) atoms. The molecule has 4 heteroatoms. The Morgan fingerprint density at radius 3 is 2.50 bits per heavy atom. The Balaban J connectivity index is 2.19. The molecule has 0 amide bonds. The molecule has 4 nitrogen and oxygen atoms in total. The van der Waals surface area contributed by atoms with Gasteiger partial charge in [-0.2, -0.15) is 5.26 Å². The molecule has 0 aliphatic carbocycles. The monoisotopic (exact) mass is 267 g/mol. The van der Waals surface area contributed by atoms with Crippen LogP contribution in [0.2, 0.25) is 0 Å². The third-order valence-corrected chi connectivity index (χ3v) is 3.19. The van der Waals surface area contributed by atoms with Crippen LogP contribution in [0.3, 0.4) is 0 Å². The van der Waals surface area contributed by atoms with Crippen molar-refractivity contribution in [2.75, 3.05) is 24.8 Å². The highest BCUT2D eigenvalue weighted by atomic mass is 16.5. The molecule has 0 aliphatic rings. The van der Waals surface area contributed by atoms with E-state index in [9.17, 15) is 0 Å². The molecule has 0 atom stereocenters. The van der Waals surface area contributed by atoms with Crippen molar-refractivity contribution in [1.82, 2.24) is 0 Å². The zero-order chi connectivity index (χ0) is 14.5. The molecule has 2 aromatic carbocycles. The SMILES string of the molecule is COc1ccc(CN(C)c2cccc(C#N)c2N)cc1. The fourth-order valence-corrected chi connectivity index (χ4v) is 2.07. The first kappa shape index (κ1) is 13.8. The molecule has 0 aliphatic heterocycles. The standard InChI is InChI=1S/C16H17N3O/c1-19(11-12-6-8-14(20-2)9-7-12)15-5-3-4-13(10-17)16(15)18/h3-9H,11,18H2,1-2H3. The number of hydrogen-bond donors (Lipinski definition) is 1. The first-order valence-corrected chi connectivity index (χ1v) is 6.28. The maximum atomic E-state index is 9.01. The summed E-state index contributed by atoms with van der Waals surface area (Å²) in [6.45, 7) is 0.711. The minimum atomic E-state index is 0.504. The Morgan fingerprint density at radius 1 is 1.20 bits per heavy atom. The number of methoxy groups -OCH3 is 1. The maximum Gasteiger partial charge on any atom is 0.118 e. The molecular weight excluding hydrogens is 250 g/mol. The molecule has 0 bridgehead atoms.